The van der Waals surface area contributed by atoms with Crippen LogP contribution in [0.15, 0.2) is 48.5 Å². The van der Waals surface area contributed by atoms with Crippen LogP contribution >= 0.6 is 11.5 Å². The van der Waals surface area contributed by atoms with E-state index in [2.05, 4.69) is 4.37 Å². The van der Waals surface area contributed by atoms with Gasteiger partial charge in [-0.1, -0.05) is 18.2 Å². The van der Waals surface area contributed by atoms with Gasteiger partial charge in [0.1, 0.15) is 17.2 Å². The fourth-order valence-corrected chi connectivity index (χ4v) is 4.03. The number of rotatable bonds is 5. The zero-order chi connectivity index (χ0) is 20.2. The average molecular weight is 411 g/mol. The molecule has 1 aromatic heterocycles. The van der Waals surface area contributed by atoms with Gasteiger partial charge in [0, 0.05) is 31.6 Å². The SMILES string of the molecule is COc1ccc(OCC(=O)N2CCN(C(=O)c3nsc4ccccc34)CC2)cc1. The van der Waals surface area contributed by atoms with Crippen LogP contribution in [0.5, 0.6) is 11.5 Å². The summed E-state index contributed by atoms with van der Waals surface area (Å²) >= 11 is 1.33. The second-order valence-corrected chi connectivity index (χ2v) is 7.47. The molecule has 2 aromatic carbocycles. The third kappa shape index (κ3) is 4.17. The lowest BCUT2D eigenvalue weighted by Crippen LogP contribution is -2.51. The predicted octanol–water partition coefficient (Wildman–Crippen LogP) is 2.67. The van der Waals surface area contributed by atoms with Crippen LogP contribution in [0.25, 0.3) is 10.1 Å². The molecule has 7 nitrogen and oxygen atoms in total. The van der Waals surface area contributed by atoms with E-state index in [1.165, 1.54) is 11.5 Å². The van der Waals surface area contributed by atoms with Gasteiger partial charge in [-0.3, -0.25) is 9.59 Å². The van der Waals surface area contributed by atoms with Crippen LogP contribution in [0, 0.1) is 0 Å². The molecule has 0 aliphatic carbocycles. The molecule has 2 heterocycles. The van der Waals surface area contributed by atoms with E-state index in [1.807, 2.05) is 24.3 Å². The van der Waals surface area contributed by atoms with Gasteiger partial charge in [-0.15, -0.1) is 0 Å². The van der Waals surface area contributed by atoms with Crippen LogP contribution in [-0.4, -0.2) is 65.9 Å². The fourth-order valence-electron chi connectivity index (χ4n) is 3.26. The maximum Gasteiger partial charge on any atom is 0.274 e. The number of methoxy groups -OCH3 is 1. The van der Waals surface area contributed by atoms with E-state index in [0.717, 1.165) is 15.8 Å². The smallest absolute Gasteiger partial charge is 0.274 e. The molecule has 2 amide bonds. The molecule has 1 fully saturated rings. The molecule has 0 radical (unpaired) electrons. The van der Waals surface area contributed by atoms with Crippen molar-refractivity contribution in [2.45, 2.75) is 0 Å². The molecular formula is C21H21N3O4S. The Balaban J connectivity index is 1.30. The van der Waals surface area contributed by atoms with E-state index in [-0.39, 0.29) is 18.4 Å². The quantitative estimate of drug-likeness (QED) is 0.646. The summed E-state index contributed by atoms with van der Waals surface area (Å²) in [6, 6.07) is 14.8. The number of amides is 2. The Labute approximate surface area is 172 Å². The van der Waals surface area contributed by atoms with Crippen molar-refractivity contribution in [3.63, 3.8) is 0 Å². The van der Waals surface area contributed by atoms with Gasteiger partial charge in [0.2, 0.25) is 0 Å². The van der Waals surface area contributed by atoms with E-state index in [9.17, 15) is 9.59 Å². The highest BCUT2D eigenvalue weighted by Crippen LogP contribution is 2.24. The summed E-state index contributed by atoms with van der Waals surface area (Å²) < 4.78 is 16.0. The Morgan fingerprint density at radius 1 is 0.966 bits per heavy atom. The molecule has 8 heteroatoms. The van der Waals surface area contributed by atoms with Crippen molar-refractivity contribution < 1.29 is 19.1 Å². The summed E-state index contributed by atoms with van der Waals surface area (Å²) in [5.41, 5.74) is 0.494. The Kier molecular flexibility index (Phi) is 5.62. The third-order valence-corrected chi connectivity index (χ3v) is 5.75. The lowest BCUT2D eigenvalue weighted by atomic mass is 10.2. The molecular weight excluding hydrogens is 390 g/mol. The van der Waals surface area contributed by atoms with Crippen molar-refractivity contribution in [3.8, 4) is 11.5 Å². The van der Waals surface area contributed by atoms with E-state index in [0.29, 0.717) is 37.6 Å². The minimum atomic E-state index is -0.0907. The number of aromatic nitrogens is 1. The van der Waals surface area contributed by atoms with Gasteiger partial charge >= 0.3 is 0 Å². The summed E-state index contributed by atoms with van der Waals surface area (Å²) in [5, 5.41) is 0.883. The third-order valence-electron chi connectivity index (χ3n) is 4.92. The molecule has 150 valence electrons. The first kappa shape index (κ1) is 19.2. The van der Waals surface area contributed by atoms with Gasteiger partial charge < -0.3 is 19.3 Å². The van der Waals surface area contributed by atoms with E-state index < -0.39 is 0 Å². The minimum absolute atomic E-state index is 0.0308. The molecule has 1 saturated heterocycles. The van der Waals surface area contributed by atoms with E-state index in [1.54, 1.807) is 41.2 Å². The molecule has 0 atom stereocenters. The topological polar surface area (TPSA) is 72.0 Å². The zero-order valence-electron chi connectivity index (χ0n) is 16.0. The molecule has 3 aromatic rings. The summed E-state index contributed by atoms with van der Waals surface area (Å²) in [6.07, 6.45) is 0. The van der Waals surface area contributed by atoms with Crippen LogP contribution in [0.1, 0.15) is 10.5 Å². The average Bonchev–Trinajstić information content (AvgIpc) is 3.21. The Hall–Kier alpha value is -3.13. The highest BCUT2D eigenvalue weighted by molar-refractivity contribution is 7.13. The number of nitrogens with zero attached hydrogens (tertiary/aromatic N) is 3. The Bertz CT molecular complexity index is 1010. The second-order valence-electron chi connectivity index (χ2n) is 6.66. The number of piperazine rings is 1. The van der Waals surface area contributed by atoms with Crippen molar-refractivity contribution >= 4 is 33.4 Å². The molecule has 29 heavy (non-hydrogen) atoms. The number of carbonyl (C=O) groups is 2. The van der Waals surface area contributed by atoms with Crippen molar-refractivity contribution in [1.29, 1.82) is 0 Å². The van der Waals surface area contributed by atoms with Crippen LogP contribution in [0.2, 0.25) is 0 Å². The van der Waals surface area contributed by atoms with E-state index in [4.69, 9.17) is 9.47 Å². The Morgan fingerprint density at radius 3 is 2.34 bits per heavy atom. The highest BCUT2D eigenvalue weighted by Gasteiger charge is 2.27. The van der Waals surface area contributed by atoms with Crippen LogP contribution in [-0.2, 0) is 4.79 Å². The normalized spacial score (nSPS) is 14.1. The van der Waals surface area contributed by atoms with Gasteiger partial charge in [-0.2, -0.15) is 4.37 Å². The van der Waals surface area contributed by atoms with Gasteiger partial charge in [0.05, 0.1) is 11.8 Å². The Morgan fingerprint density at radius 2 is 1.62 bits per heavy atom. The number of carbonyl (C=O) groups excluding carboxylic acids is 2. The number of fused-ring (bicyclic) bond motifs is 1. The highest BCUT2D eigenvalue weighted by atomic mass is 32.1. The maximum atomic E-state index is 12.8. The molecule has 1 aliphatic heterocycles. The lowest BCUT2D eigenvalue weighted by molar-refractivity contribution is -0.134. The van der Waals surface area contributed by atoms with E-state index >= 15 is 0 Å². The molecule has 0 bridgehead atoms. The second kappa shape index (κ2) is 8.48. The predicted molar refractivity (Wildman–Crippen MR) is 111 cm³/mol. The molecule has 0 saturated carbocycles. The van der Waals surface area contributed by atoms with Crippen LogP contribution in [0.4, 0.5) is 0 Å². The van der Waals surface area contributed by atoms with Crippen molar-refractivity contribution in [1.82, 2.24) is 14.2 Å². The van der Waals surface area contributed by atoms with Crippen molar-refractivity contribution in [3.05, 3.63) is 54.2 Å². The standard InChI is InChI=1S/C21H21N3O4S/c1-27-15-6-8-16(9-7-15)28-14-19(25)23-10-12-24(13-11-23)21(26)20-17-4-2-3-5-18(17)29-22-20/h2-9H,10-14H2,1H3. The van der Waals surface area contributed by atoms with Gasteiger partial charge in [-0.05, 0) is 41.9 Å². The minimum Gasteiger partial charge on any atom is -0.497 e. The van der Waals surface area contributed by atoms with Crippen LogP contribution in [0.3, 0.4) is 0 Å². The first-order valence-corrected chi connectivity index (χ1v) is 10.1. The molecule has 1 aliphatic rings. The largest absolute Gasteiger partial charge is 0.497 e. The first-order valence-electron chi connectivity index (χ1n) is 9.34. The summed E-state index contributed by atoms with van der Waals surface area (Å²) in [6.45, 7) is 1.91. The summed E-state index contributed by atoms with van der Waals surface area (Å²) in [5.74, 6) is 1.18. The van der Waals surface area contributed by atoms with Crippen LogP contribution < -0.4 is 9.47 Å². The lowest BCUT2D eigenvalue weighted by Gasteiger charge is -2.34. The number of hydrogen-bond acceptors (Lipinski definition) is 6. The fraction of sp³-hybridized carbons (Fsp3) is 0.286. The molecule has 0 unspecified atom stereocenters. The van der Waals surface area contributed by atoms with Gasteiger partial charge in [0.15, 0.2) is 6.61 Å². The first-order chi connectivity index (χ1) is 14.2. The molecule has 0 N–H and O–H groups in total. The van der Waals surface area contributed by atoms with Gasteiger partial charge in [0.25, 0.3) is 11.8 Å². The number of hydrogen-bond donors (Lipinski definition) is 0. The maximum absolute atomic E-state index is 12.8. The summed E-state index contributed by atoms with van der Waals surface area (Å²) in [7, 11) is 1.60. The van der Waals surface area contributed by atoms with Crippen molar-refractivity contribution in [2.75, 3.05) is 39.9 Å². The number of benzene rings is 2. The monoisotopic (exact) mass is 411 g/mol. The van der Waals surface area contributed by atoms with Gasteiger partial charge in [-0.25, -0.2) is 0 Å². The zero-order valence-corrected chi connectivity index (χ0v) is 16.9. The van der Waals surface area contributed by atoms with Crippen molar-refractivity contribution in [2.24, 2.45) is 0 Å². The molecule has 0 spiro atoms. The number of ether oxygens (including phenoxy) is 2. The molecule has 4 rings (SSSR count). The summed E-state index contributed by atoms with van der Waals surface area (Å²) in [4.78, 5) is 28.8.